The molecule has 0 unspecified atom stereocenters. The lowest BCUT2D eigenvalue weighted by Crippen LogP contribution is -1.94. The second-order valence-electron chi connectivity index (χ2n) is 7.52. The summed E-state index contributed by atoms with van der Waals surface area (Å²) in [6.07, 6.45) is 3.21. The number of hydrogen-bond acceptors (Lipinski definition) is 6. The zero-order valence-corrected chi connectivity index (χ0v) is 20.5. The molecule has 0 aliphatic carbocycles. The van der Waals surface area contributed by atoms with E-state index in [1.165, 1.54) is 21.9 Å². The Hall–Kier alpha value is -3.06. The first-order chi connectivity index (χ1) is 15.9. The Morgan fingerprint density at radius 3 is 2.42 bits per heavy atom. The average molecular weight is 482 g/mol. The van der Waals surface area contributed by atoms with Crippen LogP contribution < -0.4 is 0 Å². The fourth-order valence-corrected chi connectivity index (χ4v) is 5.71. The second-order valence-corrected chi connectivity index (χ2v) is 10.3. The van der Waals surface area contributed by atoms with E-state index in [9.17, 15) is 4.39 Å². The largest absolute Gasteiger partial charge is 0.373 e. The number of aryl methyl sites for hydroxylation is 2. The van der Waals surface area contributed by atoms with Crippen molar-refractivity contribution in [1.29, 1.82) is 0 Å². The Labute approximate surface area is 200 Å². The number of carbonyl (C=O) groups excluding carboxylic acids is 2. The van der Waals surface area contributed by atoms with Gasteiger partial charge in [-0.05, 0) is 36.6 Å². The van der Waals surface area contributed by atoms with Gasteiger partial charge in [0, 0.05) is 22.6 Å². The van der Waals surface area contributed by atoms with Crippen LogP contribution in [-0.2, 0) is 16.0 Å². The van der Waals surface area contributed by atoms with Crippen molar-refractivity contribution < 1.29 is 14.0 Å². The number of nitrogens with zero attached hydrogens (tertiary/aromatic N) is 3. The Morgan fingerprint density at radius 2 is 1.82 bits per heavy atom. The predicted molar refractivity (Wildman–Crippen MR) is 130 cm³/mol. The maximum Gasteiger partial charge on any atom is 0.373 e. The molecule has 0 bridgehead atoms. The molecule has 0 aliphatic rings. The SMILES string of the molecule is CCc1ccc(-c2nc(-n3cc(-c4cccc(F)c4)c(C)n3)sc2SC(C)C)cc1.O=C=O. The molecule has 0 amide bonds. The summed E-state index contributed by atoms with van der Waals surface area (Å²) in [5.74, 6) is -0.248. The van der Waals surface area contributed by atoms with Crippen molar-refractivity contribution in [3.8, 4) is 27.5 Å². The Balaban J connectivity index is 0.000000968. The molecule has 5 nitrogen and oxygen atoms in total. The number of rotatable bonds is 6. The van der Waals surface area contributed by atoms with Crippen molar-refractivity contribution in [3.63, 3.8) is 0 Å². The third-order valence-corrected chi connectivity index (χ3v) is 7.05. The molecule has 170 valence electrons. The fourth-order valence-electron chi connectivity index (χ4n) is 3.27. The number of thioether (sulfide) groups is 1. The van der Waals surface area contributed by atoms with Crippen molar-refractivity contribution in [2.75, 3.05) is 0 Å². The summed E-state index contributed by atoms with van der Waals surface area (Å²) >= 11 is 3.46. The molecule has 33 heavy (non-hydrogen) atoms. The molecular formula is C25H24FN3O2S2. The maximum atomic E-state index is 13.7. The van der Waals surface area contributed by atoms with Gasteiger partial charge >= 0.3 is 6.15 Å². The highest BCUT2D eigenvalue weighted by Gasteiger charge is 2.18. The molecule has 2 aromatic carbocycles. The van der Waals surface area contributed by atoms with Crippen molar-refractivity contribution in [2.45, 2.75) is 43.6 Å². The molecule has 0 fully saturated rings. The number of benzene rings is 2. The first kappa shape index (κ1) is 24.6. The van der Waals surface area contributed by atoms with E-state index in [0.29, 0.717) is 5.25 Å². The lowest BCUT2D eigenvalue weighted by molar-refractivity contribution is -0.191. The molecule has 2 aromatic heterocycles. The number of aromatic nitrogens is 3. The number of hydrogen-bond donors (Lipinski definition) is 0. The summed E-state index contributed by atoms with van der Waals surface area (Å²) in [6, 6.07) is 15.2. The van der Waals surface area contributed by atoms with E-state index in [4.69, 9.17) is 14.6 Å². The van der Waals surface area contributed by atoms with Crippen LogP contribution in [0.5, 0.6) is 0 Å². The van der Waals surface area contributed by atoms with Crippen LogP contribution in [0.1, 0.15) is 32.0 Å². The molecule has 4 rings (SSSR count). The molecular weight excluding hydrogens is 457 g/mol. The summed E-state index contributed by atoms with van der Waals surface area (Å²) < 4.78 is 16.7. The molecule has 0 N–H and O–H groups in total. The van der Waals surface area contributed by atoms with Crippen LogP contribution in [0, 0.1) is 12.7 Å². The lowest BCUT2D eigenvalue weighted by atomic mass is 10.1. The summed E-state index contributed by atoms with van der Waals surface area (Å²) in [5, 5.41) is 5.95. The molecule has 2 heterocycles. The van der Waals surface area contributed by atoms with Crippen LogP contribution in [0.15, 0.2) is 58.9 Å². The normalized spacial score (nSPS) is 10.6. The van der Waals surface area contributed by atoms with Crippen molar-refractivity contribution in [3.05, 3.63) is 71.8 Å². The van der Waals surface area contributed by atoms with Gasteiger partial charge in [0.05, 0.1) is 15.6 Å². The molecule has 0 saturated carbocycles. The van der Waals surface area contributed by atoms with Gasteiger partial charge in [0.1, 0.15) is 5.82 Å². The predicted octanol–water partition coefficient (Wildman–Crippen LogP) is 6.59. The summed E-state index contributed by atoms with van der Waals surface area (Å²) in [4.78, 5) is 21.2. The monoisotopic (exact) mass is 481 g/mol. The maximum absolute atomic E-state index is 13.7. The standard InChI is InChI=1S/C24H24FN3S2.CO2/c1-5-17-9-11-18(12-10-17)22-23(29-15(2)3)30-24(26-22)28-14-21(16(4)27-28)19-7-6-8-20(25)13-19;2-1-3/h6-15H,5H2,1-4H3;. The Bertz CT molecular complexity index is 1260. The highest BCUT2D eigenvalue weighted by atomic mass is 32.2. The van der Waals surface area contributed by atoms with E-state index < -0.39 is 0 Å². The van der Waals surface area contributed by atoms with Crippen molar-refractivity contribution in [2.24, 2.45) is 0 Å². The van der Waals surface area contributed by atoms with Gasteiger partial charge in [0.25, 0.3) is 0 Å². The molecule has 0 spiro atoms. The highest BCUT2D eigenvalue weighted by Crippen LogP contribution is 2.40. The van der Waals surface area contributed by atoms with Crippen LogP contribution in [0.2, 0.25) is 0 Å². The van der Waals surface area contributed by atoms with Gasteiger partial charge in [-0.25, -0.2) is 14.1 Å². The minimum atomic E-state index is -0.248. The van der Waals surface area contributed by atoms with Crippen LogP contribution in [0.25, 0.3) is 27.5 Å². The zero-order chi connectivity index (χ0) is 24.0. The summed E-state index contributed by atoms with van der Waals surface area (Å²) in [5.41, 5.74) is 6.01. The number of thiazole rings is 1. The molecule has 4 aromatic rings. The smallest absolute Gasteiger partial charge is 0.217 e. The van der Waals surface area contributed by atoms with Crippen LogP contribution in [0.3, 0.4) is 0 Å². The van der Waals surface area contributed by atoms with Crippen LogP contribution in [-0.4, -0.2) is 26.2 Å². The summed E-state index contributed by atoms with van der Waals surface area (Å²) in [6.45, 7) is 8.48. The van der Waals surface area contributed by atoms with Gasteiger partial charge in [0.2, 0.25) is 5.13 Å². The number of halogens is 1. The first-order valence-electron chi connectivity index (χ1n) is 10.4. The van der Waals surface area contributed by atoms with Crippen LogP contribution in [0.4, 0.5) is 4.39 Å². The van der Waals surface area contributed by atoms with E-state index in [1.54, 1.807) is 17.4 Å². The fraction of sp³-hybridized carbons (Fsp3) is 0.240. The molecule has 8 heteroatoms. The third-order valence-electron chi connectivity index (χ3n) is 4.79. The second kappa shape index (κ2) is 11.2. The topological polar surface area (TPSA) is 64.8 Å². The minimum Gasteiger partial charge on any atom is -0.217 e. The minimum absolute atomic E-state index is 0.248. The van der Waals surface area contributed by atoms with Crippen molar-refractivity contribution >= 4 is 29.3 Å². The van der Waals surface area contributed by atoms with Gasteiger partial charge in [-0.1, -0.05) is 68.5 Å². The van der Waals surface area contributed by atoms with Crippen LogP contribution >= 0.6 is 23.1 Å². The molecule has 0 atom stereocenters. The van der Waals surface area contributed by atoms with Gasteiger partial charge in [-0.3, -0.25) is 0 Å². The van der Waals surface area contributed by atoms with E-state index in [0.717, 1.165) is 39.6 Å². The average Bonchev–Trinajstić information content (AvgIpc) is 3.37. The zero-order valence-electron chi connectivity index (χ0n) is 18.8. The molecule has 0 radical (unpaired) electrons. The highest BCUT2D eigenvalue weighted by molar-refractivity contribution is 8.01. The molecule has 0 saturated heterocycles. The van der Waals surface area contributed by atoms with E-state index in [-0.39, 0.29) is 12.0 Å². The Kier molecular flexibility index (Phi) is 8.33. The lowest BCUT2D eigenvalue weighted by Gasteiger charge is -2.05. The van der Waals surface area contributed by atoms with E-state index in [1.807, 2.05) is 35.6 Å². The van der Waals surface area contributed by atoms with Gasteiger partial charge in [-0.15, -0.1) is 11.8 Å². The Morgan fingerprint density at radius 1 is 1.12 bits per heavy atom. The third kappa shape index (κ3) is 6.05. The van der Waals surface area contributed by atoms with Crippen molar-refractivity contribution in [1.82, 2.24) is 14.8 Å². The first-order valence-corrected chi connectivity index (χ1v) is 12.1. The summed E-state index contributed by atoms with van der Waals surface area (Å²) in [7, 11) is 0. The van der Waals surface area contributed by atoms with Gasteiger partial charge in [0.15, 0.2) is 0 Å². The van der Waals surface area contributed by atoms with Gasteiger partial charge in [-0.2, -0.15) is 14.7 Å². The van der Waals surface area contributed by atoms with E-state index in [2.05, 4.69) is 50.1 Å². The van der Waals surface area contributed by atoms with Gasteiger partial charge < -0.3 is 0 Å². The van der Waals surface area contributed by atoms with E-state index >= 15 is 0 Å². The molecule has 0 aliphatic heterocycles. The quantitative estimate of drug-likeness (QED) is 0.291.